The minimum absolute atomic E-state index is 0.324. The predicted molar refractivity (Wildman–Crippen MR) is 37.2 cm³/mol. The van der Waals surface area contributed by atoms with Gasteiger partial charge in [0.1, 0.15) is 6.17 Å². The summed E-state index contributed by atoms with van der Waals surface area (Å²) in [4.78, 5) is 0. The van der Waals surface area contributed by atoms with Crippen LogP contribution in [-0.4, -0.2) is 20.8 Å². The summed E-state index contributed by atoms with van der Waals surface area (Å²) < 4.78 is 23.5. The lowest BCUT2D eigenvalue weighted by Crippen LogP contribution is -2.44. The lowest BCUT2D eigenvalue weighted by Gasteiger charge is -2.07. The van der Waals surface area contributed by atoms with Crippen LogP contribution in [0.5, 0.6) is 0 Å². The van der Waals surface area contributed by atoms with Crippen LogP contribution in [0, 0.1) is 0 Å². The summed E-state index contributed by atoms with van der Waals surface area (Å²) in [6.07, 6.45) is 4.08. The Balaban J connectivity index is 2.47. The molecule has 3 N–H and O–H groups in total. The topological polar surface area (TPSA) is 70.2 Å². The van der Waals surface area contributed by atoms with Crippen molar-refractivity contribution >= 4 is 10.0 Å². The van der Waals surface area contributed by atoms with Crippen molar-refractivity contribution in [3.8, 4) is 0 Å². The summed E-state index contributed by atoms with van der Waals surface area (Å²) in [7, 11) is -3.11. The molecular formula is C4H9N3O2S. The van der Waals surface area contributed by atoms with Crippen LogP contribution in [0.3, 0.4) is 0 Å². The lowest BCUT2D eigenvalue weighted by molar-refractivity contribution is 0.533. The van der Waals surface area contributed by atoms with Crippen LogP contribution >= 0.6 is 0 Å². The van der Waals surface area contributed by atoms with Gasteiger partial charge in [0, 0.05) is 6.20 Å². The number of hydrogen-bond acceptors (Lipinski definition) is 4. The van der Waals surface area contributed by atoms with E-state index in [-0.39, 0.29) is 6.17 Å². The molecule has 0 aromatic carbocycles. The van der Waals surface area contributed by atoms with Crippen LogP contribution in [0.25, 0.3) is 0 Å². The van der Waals surface area contributed by atoms with E-state index < -0.39 is 10.0 Å². The van der Waals surface area contributed by atoms with E-state index in [0.29, 0.717) is 0 Å². The Morgan fingerprint density at radius 1 is 1.60 bits per heavy atom. The minimum Gasteiger partial charge on any atom is -0.327 e. The van der Waals surface area contributed by atoms with E-state index in [1.807, 2.05) is 0 Å². The average molecular weight is 163 g/mol. The molecule has 0 amide bonds. The van der Waals surface area contributed by atoms with Gasteiger partial charge < -0.3 is 5.43 Å². The van der Waals surface area contributed by atoms with Gasteiger partial charge in [-0.2, -0.15) is 4.72 Å². The van der Waals surface area contributed by atoms with Crippen LogP contribution in [0.4, 0.5) is 0 Å². The lowest BCUT2D eigenvalue weighted by atomic mass is 10.5. The molecule has 0 fully saturated rings. The zero-order valence-electron chi connectivity index (χ0n) is 5.46. The molecule has 1 rings (SSSR count). The molecule has 0 saturated heterocycles. The largest absolute Gasteiger partial charge is 0.327 e. The highest BCUT2D eigenvalue weighted by atomic mass is 32.2. The normalized spacial score (nSPS) is 24.7. The standard InChI is InChI=1S/C4H9N3O2S/c1-10(8,9)7-4-2-3-5-6-4/h2-7H,1H3. The zero-order chi connectivity index (χ0) is 7.61. The van der Waals surface area contributed by atoms with Crippen LogP contribution in [0.15, 0.2) is 12.3 Å². The number of sulfonamides is 1. The molecule has 1 aliphatic rings. The molecule has 5 nitrogen and oxygen atoms in total. The van der Waals surface area contributed by atoms with Crippen molar-refractivity contribution in [2.24, 2.45) is 0 Å². The first-order valence-electron chi connectivity index (χ1n) is 2.73. The molecule has 1 atom stereocenters. The molecule has 1 aliphatic heterocycles. The fourth-order valence-corrected chi connectivity index (χ4v) is 1.23. The maximum absolute atomic E-state index is 10.6. The molecule has 58 valence electrons. The van der Waals surface area contributed by atoms with Gasteiger partial charge >= 0.3 is 0 Å². The fraction of sp³-hybridized carbons (Fsp3) is 0.500. The van der Waals surface area contributed by atoms with E-state index in [1.165, 1.54) is 0 Å². The van der Waals surface area contributed by atoms with E-state index >= 15 is 0 Å². The van der Waals surface area contributed by atoms with Crippen LogP contribution < -0.4 is 15.6 Å². The van der Waals surface area contributed by atoms with Gasteiger partial charge in [-0.1, -0.05) is 0 Å². The molecule has 6 heteroatoms. The van der Waals surface area contributed by atoms with Gasteiger partial charge in [0.05, 0.1) is 6.26 Å². The van der Waals surface area contributed by atoms with Crippen LogP contribution in [-0.2, 0) is 10.0 Å². The molecule has 10 heavy (non-hydrogen) atoms. The van der Waals surface area contributed by atoms with Gasteiger partial charge in [-0.3, -0.25) is 0 Å². The van der Waals surface area contributed by atoms with Gasteiger partial charge in [-0.25, -0.2) is 13.8 Å². The predicted octanol–water partition coefficient (Wildman–Crippen LogP) is -1.52. The molecule has 0 spiro atoms. The number of rotatable bonds is 2. The molecule has 0 radical (unpaired) electrons. The Hall–Kier alpha value is -0.590. The molecule has 0 bridgehead atoms. The van der Waals surface area contributed by atoms with Gasteiger partial charge in [0.25, 0.3) is 0 Å². The second-order valence-corrected chi connectivity index (χ2v) is 3.80. The first-order valence-corrected chi connectivity index (χ1v) is 4.62. The molecule has 0 aromatic heterocycles. The fourth-order valence-electron chi connectivity index (χ4n) is 0.630. The van der Waals surface area contributed by atoms with Gasteiger partial charge in [0.15, 0.2) is 0 Å². The Labute approximate surface area is 59.5 Å². The van der Waals surface area contributed by atoms with Crippen molar-refractivity contribution in [3.63, 3.8) is 0 Å². The summed E-state index contributed by atoms with van der Waals surface area (Å²) in [6, 6.07) is 0. The van der Waals surface area contributed by atoms with E-state index in [1.54, 1.807) is 12.3 Å². The number of nitrogens with one attached hydrogen (secondary N) is 3. The van der Waals surface area contributed by atoms with Crippen LogP contribution in [0.1, 0.15) is 0 Å². The third kappa shape index (κ3) is 2.34. The van der Waals surface area contributed by atoms with E-state index in [9.17, 15) is 8.42 Å². The summed E-state index contributed by atoms with van der Waals surface area (Å²) >= 11 is 0. The van der Waals surface area contributed by atoms with Crippen molar-refractivity contribution < 1.29 is 8.42 Å². The first kappa shape index (κ1) is 7.52. The summed E-state index contributed by atoms with van der Waals surface area (Å²) in [6.45, 7) is 0. The van der Waals surface area contributed by atoms with Crippen molar-refractivity contribution in [3.05, 3.63) is 12.3 Å². The maximum Gasteiger partial charge on any atom is 0.210 e. The molecule has 0 aliphatic carbocycles. The highest BCUT2D eigenvalue weighted by Gasteiger charge is 2.11. The van der Waals surface area contributed by atoms with Crippen molar-refractivity contribution in [2.75, 3.05) is 6.26 Å². The molecule has 0 aromatic rings. The van der Waals surface area contributed by atoms with Crippen molar-refractivity contribution in [1.82, 2.24) is 15.6 Å². The zero-order valence-corrected chi connectivity index (χ0v) is 6.27. The van der Waals surface area contributed by atoms with Gasteiger partial charge in [-0.15, -0.1) is 0 Å². The quantitative estimate of drug-likeness (QED) is 0.462. The summed E-state index contributed by atoms with van der Waals surface area (Å²) in [5.41, 5.74) is 5.30. The van der Waals surface area contributed by atoms with Gasteiger partial charge in [-0.05, 0) is 6.08 Å². The molecule has 1 unspecified atom stereocenters. The van der Waals surface area contributed by atoms with Crippen molar-refractivity contribution in [2.45, 2.75) is 6.17 Å². The Kier molecular flexibility index (Phi) is 1.93. The molecule has 1 heterocycles. The number of hydrogen-bond donors (Lipinski definition) is 3. The minimum atomic E-state index is -3.11. The maximum atomic E-state index is 10.6. The summed E-state index contributed by atoms with van der Waals surface area (Å²) in [5, 5.41) is 0. The summed E-state index contributed by atoms with van der Waals surface area (Å²) in [5.74, 6) is 0. The van der Waals surface area contributed by atoms with Crippen LogP contribution in [0.2, 0.25) is 0 Å². The Morgan fingerprint density at radius 3 is 2.70 bits per heavy atom. The molecular weight excluding hydrogens is 154 g/mol. The Bertz CT molecular complexity index is 233. The highest BCUT2D eigenvalue weighted by molar-refractivity contribution is 7.88. The SMILES string of the molecule is CS(=O)(=O)NC1C=CNN1. The molecule has 0 saturated carbocycles. The van der Waals surface area contributed by atoms with Gasteiger partial charge in [0.2, 0.25) is 10.0 Å². The number of hydrazine groups is 1. The van der Waals surface area contributed by atoms with E-state index in [2.05, 4.69) is 15.6 Å². The monoisotopic (exact) mass is 163 g/mol. The third-order valence-electron chi connectivity index (χ3n) is 0.952. The smallest absolute Gasteiger partial charge is 0.210 e. The second-order valence-electron chi connectivity index (χ2n) is 2.02. The van der Waals surface area contributed by atoms with Crippen molar-refractivity contribution in [1.29, 1.82) is 0 Å². The van der Waals surface area contributed by atoms with E-state index in [0.717, 1.165) is 6.26 Å². The second kappa shape index (κ2) is 2.57. The Morgan fingerprint density at radius 2 is 2.30 bits per heavy atom. The first-order chi connectivity index (χ1) is 4.58. The van der Waals surface area contributed by atoms with E-state index in [4.69, 9.17) is 0 Å². The average Bonchev–Trinajstić information content (AvgIpc) is 2.12. The highest BCUT2D eigenvalue weighted by Crippen LogP contribution is 1.87. The third-order valence-corrected chi connectivity index (χ3v) is 1.63.